The highest BCUT2D eigenvalue weighted by molar-refractivity contribution is 5.84. The number of likely N-dealkylation sites (N-methyl/N-ethyl adjacent to an activating group) is 3. The number of carbonyl (C=O) groups excluding carboxylic acids is 2. The molecule has 1 fully saturated rings. The Morgan fingerprint density at radius 2 is 1.15 bits per heavy atom. The molecule has 4 aromatic carbocycles. The van der Waals surface area contributed by atoms with Gasteiger partial charge >= 0.3 is 0 Å². The number of aromatic nitrogens is 4. The van der Waals surface area contributed by atoms with Crippen LogP contribution in [0.3, 0.4) is 0 Å². The third kappa shape index (κ3) is 7.87. The Kier molecular flexibility index (Phi) is 11.1. The number of H-pyrrole nitrogens is 2. The Bertz CT molecular complexity index is 2190. The minimum Gasteiger partial charge on any atom is -0.340 e. The van der Waals surface area contributed by atoms with Gasteiger partial charge in [0.1, 0.15) is 23.7 Å². The van der Waals surface area contributed by atoms with Crippen LogP contribution in [-0.4, -0.2) is 93.1 Å². The van der Waals surface area contributed by atoms with Crippen molar-refractivity contribution in [2.45, 2.75) is 43.9 Å². The van der Waals surface area contributed by atoms with Crippen LogP contribution >= 0.6 is 0 Å². The van der Waals surface area contributed by atoms with Gasteiger partial charge in [-0.1, -0.05) is 109 Å². The second-order valence-electron chi connectivity index (χ2n) is 14.9. The van der Waals surface area contributed by atoms with Crippen LogP contribution in [0.4, 0.5) is 0 Å². The van der Waals surface area contributed by atoms with Gasteiger partial charge in [-0.3, -0.25) is 19.4 Å². The van der Waals surface area contributed by atoms with Gasteiger partial charge in [-0.05, 0) is 81.3 Å². The lowest BCUT2D eigenvalue weighted by molar-refractivity contribution is -0.138. The quantitative estimate of drug-likeness (QED) is 0.132. The smallest absolute Gasteiger partial charge is 0.245 e. The Hall–Kier alpha value is -5.84. The second-order valence-corrected chi connectivity index (χ2v) is 14.9. The maximum Gasteiger partial charge on any atom is 0.245 e. The van der Waals surface area contributed by atoms with E-state index in [1.165, 1.54) is 0 Å². The van der Waals surface area contributed by atoms with E-state index in [0.29, 0.717) is 0 Å². The molecule has 1 aliphatic rings. The molecule has 0 radical (unpaired) electrons. The lowest BCUT2D eigenvalue weighted by Gasteiger charge is -2.31. The molecular formula is C45H50N8O2. The molecule has 0 spiro atoms. The number of benzene rings is 4. The van der Waals surface area contributed by atoms with Crippen LogP contribution in [0.5, 0.6) is 0 Å². The number of hydrogen-bond donors (Lipinski definition) is 2. The average molecular weight is 735 g/mol. The van der Waals surface area contributed by atoms with Crippen molar-refractivity contribution in [2.75, 3.05) is 41.8 Å². The van der Waals surface area contributed by atoms with E-state index in [-0.39, 0.29) is 36.0 Å². The standard InChI is InChI=1S/C45H50N8O2/c1-30(52(6)44(54)40(50(2)3)35-14-9-7-10-15-35)42-46-28-37(48-42)33-23-19-31(20-24-33)32-21-25-34(26-22-32)38-29-47-43(49-38)39-18-13-27-53(39)45(55)41(51(4)5)36-16-11-8-12-17-36/h7-12,14-17,19-26,28-30,39-41H,13,18,27H2,1-6H3,(H,46,48)(H,47,49)/t30-,39-,40+,41+/m0/s1. The third-order valence-corrected chi connectivity index (χ3v) is 10.8. The predicted octanol–water partition coefficient (Wildman–Crippen LogP) is 7.92. The van der Waals surface area contributed by atoms with E-state index >= 15 is 0 Å². The number of amides is 2. The van der Waals surface area contributed by atoms with Crippen molar-refractivity contribution in [2.24, 2.45) is 0 Å². The highest BCUT2D eigenvalue weighted by Crippen LogP contribution is 2.35. The summed E-state index contributed by atoms with van der Waals surface area (Å²) in [5, 5.41) is 0. The van der Waals surface area contributed by atoms with Gasteiger partial charge in [-0.15, -0.1) is 0 Å². The van der Waals surface area contributed by atoms with Gasteiger partial charge in [0, 0.05) is 13.6 Å². The number of aromatic amines is 2. The molecule has 282 valence electrons. The van der Waals surface area contributed by atoms with E-state index < -0.39 is 0 Å². The fourth-order valence-corrected chi connectivity index (χ4v) is 7.67. The van der Waals surface area contributed by atoms with Crippen molar-refractivity contribution < 1.29 is 9.59 Å². The SMILES string of the molecule is C[C@@H](c1ncc(-c2ccc(-c3ccc(-c4cnc([C@@H]5CCCN5C(=O)[C@@H](c5ccccc5)N(C)C)[nH]4)cc3)cc2)[nH]1)N(C)C(=O)[C@@H](c1ccccc1)N(C)C. The van der Waals surface area contributed by atoms with Gasteiger partial charge in [0.25, 0.3) is 0 Å². The fraction of sp³-hybridized carbons (Fsp3) is 0.289. The van der Waals surface area contributed by atoms with E-state index in [1.807, 2.05) is 130 Å². The second kappa shape index (κ2) is 16.3. The minimum atomic E-state index is -0.386. The van der Waals surface area contributed by atoms with Crippen LogP contribution in [0.25, 0.3) is 33.6 Å². The van der Waals surface area contributed by atoms with Crippen LogP contribution in [-0.2, 0) is 9.59 Å². The molecule has 0 unspecified atom stereocenters. The van der Waals surface area contributed by atoms with Crippen LogP contribution in [0, 0.1) is 0 Å². The highest BCUT2D eigenvalue weighted by atomic mass is 16.2. The number of hydrogen-bond acceptors (Lipinski definition) is 6. The predicted molar refractivity (Wildman–Crippen MR) is 218 cm³/mol. The Morgan fingerprint density at radius 3 is 1.69 bits per heavy atom. The van der Waals surface area contributed by atoms with Crippen molar-refractivity contribution in [3.8, 4) is 33.6 Å². The van der Waals surface area contributed by atoms with Gasteiger partial charge in [-0.25, -0.2) is 9.97 Å². The van der Waals surface area contributed by atoms with Crippen LogP contribution in [0.15, 0.2) is 122 Å². The van der Waals surface area contributed by atoms with E-state index in [2.05, 4.69) is 63.5 Å². The largest absolute Gasteiger partial charge is 0.340 e. The van der Waals surface area contributed by atoms with E-state index in [9.17, 15) is 9.59 Å². The monoisotopic (exact) mass is 734 g/mol. The maximum absolute atomic E-state index is 13.9. The molecule has 0 bridgehead atoms. The first-order valence-electron chi connectivity index (χ1n) is 18.9. The molecule has 2 amide bonds. The molecule has 10 nitrogen and oxygen atoms in total. The summed E-state index contributed by atoms with van der Waals surface area (Å²) in [7, 11) is 9.60. The normalized spacial score (nSPS) is 16.0. The zero-order valence-electron chi connectivity index (χ0n) is 32.5. The number of nitrogens with zero attached hydrogens (tertiary/aromatic N) is 6. The summed E-state index contributed by atoms with van der Waals surface area (Å²) in [5.41, 5.74) is 8.03. The van der Waals surface area contributed by atoms with Crippen molar-refractivity contribution in [3.05, 3.63) is 144 Å². The van der Waals surface area contributed by atoms with Gasteiger partial charge in [0.05, 0.1) is 35.9 Å². The number of imidazole rings is 2. The summed E-state index contributed by atoms with van der Waals surface area (Å²) >= 11 is 0. The van der Waals surface area contributed by atoms with Crippen molar-refractivity contribution >= 4 is 11.8 Å². The minimum absolute atomic E-state index is 0.00905. The maximum atomic E-state index is 13.9. The summed E-state index contributed by atoms with van der Waals surface area (Å²) < 4.78 is 0. The Morgan fingerprint density at radius 1 is 0.655 bits per heavy atom. The van der Waals surface area contributed by atoms with Crippen LogP contribution in [0.1, 0.15) is 66.7 Å². The van der Waals surface area contributed by atoms with Crippen molar-refractivity contribution in [1.82, 2.24) is 39.5 Å². The first kappa shape index (κ1) is 37.5. The Balaban J connectivity index is 1.00. The molecule has 10 heteroatoms. The molecule has 2 N–H and O–H groups in total. The Labute approximate surface area is 323 Å². The molecule has 7 rings (SSSR count). The van der Waals surface area contributed by atoms with E-state index in [4.69, 9.17) is 4.98 Å². The summed E-state index contributed by atoms with van der Waals surface area (Å²) in [6.45, 7) is 2.71. The van der Waals surface area contributed by atoms with Crippen molar-refractivity contribution in [1.29, 1.82) is 0 Å². The summed E-state index contributed by atoms with van der Waals surface area (Å²) in [6.07, 6.45) is 5.53. The molecule has 55 heavy (non-hydrogen) atoms. The zero-order valence-corrected chi connectivity index (χ0v) is 32.5. The van der Waals surface area contributed by atoms with Gasteiger partial charge in [0.2, 0.25) is 11.8 Å². The van der Waals surface area contributed by atoms with E-state index in [1.54, 1.807) is 4.90 Å². The van der Waals surface area contributed by atoms with E-state index in [0.717, 1.165) is 75.8 Å². The summed E-state index contributed by atoms with van der Waals surface area (Å²) in [4.78, 5) is 51.7. The molecule has 0 aliphatic carbocycles. The van der Waals surface area contributed by atoms with Gasteiger partial charge < -0.3 is 19.8 Å². The van der Waals surface area contributed by atoms with Crippen LogP contribution in [0.2, 0.25) is 0 Å². The average Bonchev–Trinajstić information content (AvgIpc) is 4.00. The number of carbonyl (C=O) groups is 2. The first-order valence-corrected chi connectivity index (χ1v) is 18.9. The summed E-state index contributed by atoms with van der Waals surface area (Å²) in [5.74, 6) is 1.67. The van der Waals surface area contributed by atoms with Gasteiger partial charge in [-0.2, -0.15) is 0 Å². The topological polar surface area (TPSA) is 104 Å². The zero-order chi connectivity index (χ0) is 38.6. The summed E-state index contributed by atoms with van der Waals surface area (Å²) in [6, 6.07) is 35.6. The molecular weight excluding hydrogens is 685 g/mol. The molecule has 4 atom stereocenters. The lowest BCUT2D eigenvalue weighted by atomic mass is 10.0. The van der Waals surface area contributed by atoms with Gasteiger partial charge in [0.15, 0.2) is 0 Å². The molecule has 0 saturated carbocycles. The lowest BCUT2D eigenvalue weighted by Crippen LogP contribution is -2.40. The van der Waals surface area contributed by atoms with Crippen LogP contribution < -0.4 is 0 Å². The molecule has 3 heterocycles. The van der Waals surface area contributed by atoms with Crippen molar-refractivity contribution in [3.63, 3.8) is 0 Å². The third-order valence-electron chi connectivity index (χ3n) is 10.8. The number of rotatable bonds is 12. The number of likely N-dealkylation sites (tertiary alicyclic amines) is 1. The first-order chi connectivity index (χ1) is 26.6. The number of nitrogens with one attached hydrogen (secondary N) is 2. The molecule has 2 aromatic heterocycles. The molecule has 1 aliphatic heterocycles. The molecule has 6 aromatic rings. The fourth-order valence-electron chi connectivity index (χ4n) is 7.67. The molecule has 1 saturated heterocycles. The highest BCUT2D eigenvalue weighted by Gasteiger charge is 2.37.